The van der Waals surface area contributed by atoms with Crippen molar-refractivity contribution in [3.05, 3.63) is 57.1 Å². The van der Waals surface area contributed by atoms with Gasteiger partial charge in [-0.25, -0.2) is 4.79 Å². The third-order valence-electron chi connectivity index (χ3n) is 3.37. The number of hydrogen-bond donors (Lipinski definition) is 1. The number of hydrogen-bond acceptors (Lipinski definition) is 7. The molecular formula is C16H11ClN2O7. The summed E-state index contributed by atoms with van der Waals surface area (Å²) in [5.74, 6) is -0.566. The van der Waals surface area contributed by atoms with Crippen molar-refractivity contribution in [3.8, 4) is 11.5 Å². The largest absolute Gasteiger partial charge is 0.454 e. The Balaban J connectivity index is 1.61. The number of esters is 1. The maximum atomic E-state index is 12.0. The molecule has 3 rings (SSSR count). The van der Waals surface area contributed by atoms with Crippen LogP contribution in [0.1, 0.15) is 10.4 Å². The quantitative estimate of drug-likeness (QED) is 0.483. The van der Waals surface area contributed by atoms with Gasteiger partial charge in [-0.05, 0) is 30.3 Å². The lowest BCUT2D eigenvalue weighted by atomic mass is 10.2. The molecule has 1 heterocycles. The van der Waals surface area contributed by atoms with Crippen molar-refractivity contribution in [1.82, 2.24) is 0 Å². The molecule has 134 valence electrons. The van der Waals surface area contributed by atoms with E-state index in [1.54, 1.807) is 6.07 Å². The molecule has 9 nitrogen and oxygen atoms in total. The summed E-state index contributed by atoms with van der Waals surface area (Å²) in [6.45, 7) is -0.552. The molecule has 0 radical (unpaired) electrons. The van der Waals surface area contributed by atoms with E-state index >= 15 is 0 Å². The second-order valence-corrected chi connectivity index (χ2v) is 5.55. The predicted octanol–water partition coefficient (Wildman–Crippen LogP) is 2.77. The fourth-order valence-corrected chi connectivity index (χ4v) is 2.35. The number of halogens is 1. The lowest BCUT2D eigenvalue weighted by Crippen LogP contribution is -2.21. The third kappa shape index (κ3) is 3.83. The van der Waals surface area contributed by atoms with Gasteiger partial charge in [0.05, 0.1) is 10.5 Å². The van der Waals surface area contributed by atoms with Crippen LogP contribution in [0.25, 0.3) is 0 Å². The molecule has 0 atom stereocenters. The van der Waals surface area contributed by atoms with Gasteiger partial charge in [-0.15, -0.1) is 0 Å². The first kappa shape index (κ1) is 17.5. The molecular weight excluding hydrogens is 368 g/mol. The van der Waals surface area contributed by atoms with Gasteiger partial charge in [-0.2, -0.15) is 0 Å². The number of nitrogens with one attached hydrogen (secondary N) is 1. The molecule has 10 heteroatoms. The van der Waals surface area contributed by atoms with Crippen LogP contribution in [0, 0.1) is 10.1 Å². The van der Waals surface area contributed by atoms with Crippen molar-refractivity contribution in [2.75, 3.05) is 18.7 Å². The lowest BCUT2D eigenvalue weighted by molar-refractivity contribution is -0.383. The molecule has 1 aliphatic heterocycles. The maximum Gasteiger partial charge on any atom is 0.338 e. The zero-order valence-corrected chi connectivity index (χ0v) is 13.8. The molecule has 0 aromatic heterocycles. The third-order valence-corrected chi connectivity index (χ3v) is 3.61. The highest BCUT2D eigenvalue weighted by Crippen LogP contribution is 2.32. The highest BCUT2D eigenvalue weighted by atomic mass is 35.5. The van der Waals surface area contributed by atoms with Gasteiger partial charge < -0.3 is 19.5 Å². The van der Waals surface area contributed by atoms with Gasteiger partial charge >= 0.3 is 5.97 Å². The van der Waals surface area contributed by atoms with E-state index in [1.165, 1.54) is 24.3 Å². The second-order valence-electron chi connectivity index (χ2n) is 5.11. The average Bonchev–Trinajstić information content (AvgIpc) is 3.08. The van der Waals surface area contributed by atoms with Crippen molar-refractivity contribution >= 4 is 34.9 Å². The Kier molecular flexibility index (Phi) is 4.90. The molecule has 1 N–H and O–H groups in total. The van der Waals surface area contributed by atoms with E-state index < -0.39 is 23.4 Å². The standard InChI is InChI=1S/C16H11ClN2O7/c17-10-2-3-11(12(6-10)19(22)23)18-15(20)7-24-16(21)9-1-4-13-14(5-9)26-8-25-13/h1-6H,7-8H2,(H,18,20). The number of anilines is 1. The Morgan fingerprint density at radius 1 is 1.19 bits per heavy atom. The summed E-state index contributed by atoms with van der Waals surface area (Å²) in [6.07, 6.45) is 0. The minimum atomic E-state index is -0.746. The van der Waals surface area contributed by atoms with Crippen molar-refractivity contribution < 1.29 is 28.7 Å². The van der Waals surface area contributed by atoms with Gasteiger partial charge in [-0.3, -0.25) is 14.9 Å². The molecule has 0 saturated heterocycles. The number of ether oxygens (including phenoxy) is 3. The van der Waals surface area contributed by atoms with Crippen LogP contribution in [0.15, 0.2) is 36.4 Å². The van der Waals surface area contributed by atoms with Crippen LogP contribution in [0.2, 0.25) is 5.02 Å². The van der Waals surface area contributed by atoms with Crippen molar-refractivity contribution in [2.24, 2.45) is 0 Å². The van der Waals surface area contributed by atoms with Crippen molar-refractivity contribution in [3.63, 3.8) is 0 Å². The number of amides is 1. The number of fused-ring (bicyclic) bond motifs is 1. The van der Waals surface area contributed by atoms with Crippen LogP contribution in [0.3, 0.4) is 0 Å². The molecule has 0 aliphatic carbocycles. The predicted molar refractivity (Wildman–Crippen MR) is 89.6 cm³/mol. The normalized spacial score (nSPS) is 11.7. The Labute approximate surface area is 151 Å². The molecule has 0 fully saturated rings. The molecule has 1 amide bonds. The number of nitro groups is 1. The smallest absolute Gasteiger partial charge is 0.338 e. The van der Waals surface area contributed by atoms with Crippen molar-refractivity contribution in [1.29, 1.82) is 0 Å². The molecule has 0 bridgehead atoms. The molecule has 2 aromatic rings. The number of carbonyl (C=O) groups is 2. The van der Waals surface area contributed by atoms with Crippen LogP contribution >= 0.6 is 11.6 Å². The second kappa shape index (κ2) is 7.28. The Hall–Kier alpha value is -3.33. The first-order chi connectivity index (χ1) is 12.4. The van der Waals surface area contributed by atoms with Crippen molar-refractivity contribution in [2.45, 2.75) is 0 Å². The van der Waals surface area contributed by atoms with Crippen LogP contribution in [0.4, 0.5) is 11.4 Å². The zero-order chi connectivity index (χ0) is 18.7. The molecule has 0 spiro atoms. The molecule has 26 heavy (non-hydrogen) atoms. The molecule has 0 unspecified atom stereocenters. The Bertz CT molecular complexity index is 900. The number of rotatable bonds is 5. The average molecular weight is 379 g/mol. The lowest BCUT2D eigenvalue weighted by Gasteiger charge is -2.08. The summed E-state index contributed by atoms with van der Waals surface area (Å²) in [5.41, 5.74) is -0.240. The van der Waals surface area contributed by atoms with Crippen LogP contribution in [0.5, 0.6) is 11.5 Å². The number of carbonyl (C=O) groups excluding carboxylic acids is 2. The Morgan fingerprint density at radius 3 is 2.73 bits per heavy atom. The highest BCUT2D eigenvalue weighted by Gasteiger charge is 2.19. The van der Waals surface area contributed by atoms with E-state index in [9.17, 15) is 19.7 Å². The van der Waals surface area contributed by atoms with Gasteiger partial charge in [0, 0.05) is 11.1 Å². The first-order valence-electron chi connectivity index (χ1n) is 7.24. The van der Waals surface area contributed by atoms with Gasteiger partial charge in [0.2, 0.25) is 6.79 Å². The molecule has 1 aliphatic rings. The van der Waals surface area contributed by atoms with Gasteiger partial charge in [0.15, 0.2) is 18.1 Å². The van der Waals surface area contributed by atoms with Crippen LogP contribution in [-0.2, 0) is 9.53 Å². The highest BCUT2D eigenvalue weighted by molar-refractivity contribution is 6.31. The Morgan fingerprint density at radius 2 is 1.96 bits per heavy atom. The summed E-state index contributed by atoms with van der Waals surface area (Å²) in [6, 6.07) is 8.25. The minimum absolute atomic E-state index is 0.0523. The summed E-state index contributed by atoms with van der Waals surface area (Å²) in [5, 5.41) is 13.5. The molecule has 0 saturated carbocycles. The zero-order valence-electron chi connectivity index (χ0n) is 13.1. The summed E-state index contributed by atoms with van der Waals surface area (Å²) < 4.78 is 15.2. The van der Waals surface area contributed by atoms with Crippen LogP contribution < -0.4 is 14.8 Å². The van der Waals surface area contributed by atoms with Gasteiger partial charge in [-0.1, -0.05) is 11.6 Å². The maximum absolute atomic E-state index is 12.0. The summed E-state index contributed by atoms with van der Waals surface area (Å²) in [4.78, 5) is 34.2. The molecule has 2 aromatic carbocycles. The summed E-state index contributed by atoms with van der Waals surface area (Å²) >= 11 is 5.70. The van der Waals surface area contributed by atoms with E-state index in [0.717, 1.165) is 6.07 Å². The fraction of sp³-hybridized carbons (Fsp3) is 0.125. The number of nitro benzene ring substituents is 1. The van der Waals surface area contributed by atoms with E-state index in [4.69, 9.17) is 25.8 Å². The summed E-state index contributed by atoms with van der Waals surface area (Å²) in [7, 11) is 0. The topological polar surface area (TPSA) is 117 Å². The monoisotopic (exact) mass is 378 g/mol. The SMILES string of the molecule is O=C(COC(=O)c1ccc2c(c1)OCO2)Nc1ccc(Cl)cc1[N+](=O)[O-]. The van der Waals surface area contributed by atoms with Gasteiger partial charge in [0.1, 0.15) is 5.69 Å². The van der Waals surface area contributed by atoms with E-state index in [2.05, 4.69) is 5.32 Å². The number of nitrogens with zero attached hydrogens (tertiary/aromatic N) is 1. The minimum Gasteiger partial charge on any atom is -0.454 e. The van der Waals surface area contributed by atoms with E-state index in [-0.39, 0.29) is 28.8 Å². The van der Waals surface area contributed by atoms with E-state index in [1.807, 2.05) is 0 Å². The fourth-order valence-electron chi connectivity index (χ4n) is 2.19. The first-order valence-corrected chi connectivity index (χ1v) is 7.62. The number of benzene rings is 2. The van der Waals surface area contributed by atoms with Crippen LogP contribution in [-0.4, -0.2) is 30.2 Å². The van der Waals surface area contributed by atoms with Gasteiger partial charge in [0.25, 0.3) is 11.6 Å². The van der Waals surface area contributed by atoms with E-state index in [0.29, 0.717) is 11.5 Å².